The molecule has 0 aromatic heterocycles. The average molecular weight is 392 g/mol. The number of hydrogen-bond acceptors (Lipinski definition) is 6. The van der Waals surface area contributed by atoms with E-state index in [0.717, 1.165) is 29.9 Å². The third kappa shape index (κ3) is 7.38. The standard InChI is InChI=1S/C21H32N2O5/c1-16(17-6-8-18(25-5)9-7-17)22-27-15-14-26-19-10-12-23(13-11-19)20(24)28-21(2,3)4/h6-9,19H,10-15H2,1-5H3. The normalized spacial score (nSPS) is 16.0. The van der Waals surface area contributed by atoms with Crippen LogP contribution in [0.15, 0.2) is 29.4 Å². The van der Waals surface area contributed by atoms with Gasteiger partial charge >= 0.3 is 6.09 Å². The molecular weight excluding hydrogens is 360 g/mol. The molecule has 1 fully saturated rings. The maximum atomic E-state index is 12.1. The molecule has 0 atom stereocenters. The summed E-state index contributed by atoms with van der Waals surface area (Å²) in [5.41, 5.74) is 1.32. The van der Waals surface area contributed by atoms with Gasteiger partial charge in [0.25, 0.3) is 0 Å². The van der Waals surface area contributed by atoms with Gasteiger partial charge in [-0.1, -0.05) is 5.16 Å². The van der Waals surface area contributed by atoms with Gasteiger partial charge in [0.2, 0.25) is 0 Å². The quantitative estimate of drug-likeness (QED) is 0.400. The Kier molecular flexibility index (Phi) is 8.11. The highest BCUT2D eigenvalue weighted by molar-refractivity contribution is 5.98. The van der Waals surface area contributed by atoms with Gasteiger partial charge in [-0.15, -0.1) is 0 Å². The molecule has 0 unspecified atom stereocenters. The molecule has 1 saturated heterocycles. The van der Waals surface area contributed by atoms with Crippen LogP contribution in [0.3, 0.4) is 0 Å². The van der Waals surface area contributed by atoms with Gasteiger partial charge in [-0.05, 0) is 70.4 Å². The largest absolute Gasteiger partial charge is 0.497 e. The molecule has 2 rings (SSSR count). The first-order valence-corrected chi connectivity index (χ1v) is 9.69. The van der Waals surface area contributed by atoms with Crippen LogP contribution >= 0.6 is 0 Å². The second kappa shape index (κ2) is 10.3. The third-order valence-electron chi connectivity index (χ3n) is 4.33. The van der Waals surface area contributed by atoms with Gasteiger partial charge in [0.15, 0.2) is 0 Å². The van der Waals surface area contributed by atoms with E-state index in [4.69, 9.17) is 19.0 Å². The number of carbonyl (C=O) groups excluding carboxylic acids is 1. The number of amides is 1. The minimum Gasteiger partial charge on any atom is -0.497 e. The van der Waals surface area contributed by atoms with E-state index in [1.54, 1.807) is 12.0 Å². The van der Waals surface area contributed by atoms with Gasteiger partial charge in [0.05, 0.1) is 25.5 Å². The van der Waals surface area contributed by atoms with E-state index in [1.807, 2.05) is 52.0 Å². The Hall–Kier alpha value is -2.28. The molecule has 1 aromatic carbocycles. The average Bonchev–Trinajstić information content (AvgIpc) is 2.66. The van der Waals surface area contributed by atoms with Crippen molar-refractivity contribution in [3.05, 3.63) is 29.8 Å². The Morgan fingerprint density at radius 1 is 1.14 bits per heavy atom. The smallest absolute Gasteiger partial charge is 0.410 e. The van der Waals surface area contributed by atoms with E-state index in [1.165, 1.54) is 0 Å². The SMILES string of the molecule is COc1ccc(C(C)=NOCCOC2CCN(C(=O)OC(C)(C)C)CC2)cc1. The Balaban J connectivity index is 1.63. The number of carbonyl (C=O) groups is 1. The number of methoxy groups -OCH3 is 1. The third-order valence-corrected chi connectivity index (χ3v) is 4.33. The summed E-state index contributed by atoms with van der Waals surface area (Å²) >= 11 is 0. The molecule has 28 heavy (non-hydrogen) atoms. The summed E-state index contributed by atoms with van der Waals surface area (Å²) in [7, 11) is 1.64. The molecule has 0 N–H and O–H groups in total. The van der Waals surface area contributed by atoms with Crippen molar-refractivity contribution in [1.29, 1.82) is 0 Å². The molecular formula is C21H32N2O5. The zero-order valence-electron chi connectivity index (χ0n) is 17.6. The number of piperidine rings is 1. The molecule has 7 heteroatoms. The van der Waals surface area contributed by atoms with Crippen molar-refractivity contribution in [3.63, 3.8) is 0 Å². The van der Waals surface area contributed by atoms with Gasteiger partial charge in [0.1, 0.15) is 18.0 Å². The summed E-state index contributed by atoms with van der Waals surface area (Å²) in [6.45, 7) is 9.68. The van der Waals surface area contributed by atoms with Crippen LogP contribution in [0.1, 0.15) is 46.1 Å². The first-order valence-electron chi connectivity index (χ1n) is 9.69. The lowest BCUT2D eigenvalue weighted by molar-refractivity contribution is -0.0287. The first-order chi connectivity index (χ1) is 13.3. The topological polar surface area (TPSA) is 69.6 Å². The lowest BCUT2D eigenvalue weighted by atomic mass is 10.1. The highest BCUT2D eigenvalue weighted by Gasteiger charge is 2.27. The van der Waals surface area contributed by atoms with Crippen LogP contribution in [0.25, 0.3) is 0 Å². The van der Waals surface area contributed by atoms with Crippen LogP contribution in [0.5, 0.6) is 5.75 Å². The summed E-state index contributed by atoms with van der Waals surface area (Å²) in [6.07, 6.45) is 1.48. The second-order valence-electron chi connectivity index (χ2n) is 7.78. The number of rotatable bonds is 7. The van der Waals surface area contributed by atoms with Gasteiger partial charge < -0.3 is 23.9 Å². The van der Waals surface area contributed by atoms with Crippen molar-refractivity contribution in [3.8, 4) is 5.75 Å². The second-order valence-corrected chi connectivity index (χ2v) is 7.78. The molecule has 156 valence electrons. The van der Waals surface area contributed by atoms with Gasteiger partial charge in [-0.25, -0.2) is 4.79 Å². The predicted octanol–water partition coefficient (Wildman–Crippen LogP) is 3.85. The zero-order chi connectivity index (χ0) is 20.6. The summed E-state index contributed by atoms with van der Waals surface area (Å²) < 4.78 is 16.4. The van der Waals surface area contributed by atoms with Crippen molar-refractivity contribution in [2.24, 2.45) is 5.16 Å². The number of hydrogen-bond donors (Lipinski definition) is 0. The lowest BCUT2D eigenvalue weighted by Gasteiger charge is -2.33. The highest BCUT2D eigenvalue weighted by atomic mass is 16.6. The Morgan fingerprint density at radius 3 is 2.36 bits per heavy atom. The van der Waals surface area contributed by atoms with E-state index in [9.17, 15) is 4.79 Å². The summed E-state index contributed by atoms with van der Waals surface area (Å²) in [4.78, 5) is 19.2. The van der Waals surface area contributed by atoms with Crippen LogP contribution in [-0.2, 0) is 14.3 Å². The number of likely N-dealkylation sites (tertiary alicyclic amines) is 1. The van der Waals surface area contributed by atoms with Crippen LogP contribution in [0.2, 0.25) is 0 Å². The summed E-state index contributed by atoms with van der Waals surface area (Å²) in [5.74, 6) is 0.809. The molecule has 1 amide bonds. The van der Waals surface area contributed by atoms with Crippen molar-refractivity contribution in [1.82, 2.24) is 4.90 Å². The monoisotopic (exact) mass is 392 g/mol. The van der Waals surface area contributed by atoms with Crippen LogP contribution in [-0.4, -0.2) is 61.8 Å². The molecule has 1 aliphatic rings. The molecule has 0 saturated carbocycles. The predicted molar refractivity (Wildman–Crippen MR) is 108 cm³/mol. The molecule has 0 spiro atoms. The molecule has 1 heterocycles. The number of ether oxygens (including phenoxy) is 3. The van der Waals surface area contributed by atoms with E-state index in [0.29, 0.717) is 26.3 Å². The summed E-state index contributed by atoms with van der Waals surface area (Å²) in [6, 6.07) is 7.66. The minimum atomic E-state index is -0.466. The molecule has 0 radical (unpaired) electrons. The zero-order valence-corrected chi connectivity index (χ0v) is 17.6. The fraction of sp³-hybridized carbons (Fsp3) is 0.619. The first kappa shape index (κ1) is 22.0. The van der Waals surface area contributed by atoms with Crippen LogP contribution in [0, 0.1) is 0 Å². The molecule has 0 aliphatic carbocycles. The maximum Gasteiger partial charge on any atom is 0.410 e. The Bertz CT molecular complexity index is 644. The van der Waals surface area contributed by atoms with Gasteiger partial charge in [-0.3, -0.25) is 0 Å². The Labute approximate surface area is 167 Å². The highest BCUT2D eigenvalue weighted by Crippen LogP contribution is 2.17. The Morgan fingerprint density at radius 2 is 1.79 bits per heavy atom. The number of benzene rings is 1. The van der Waals surface area contributed by atoms with Crippen LogP contribution in [0.4, 0.5) is 4.79 Å². The fourth-order valence-corrected chi connectivity index (χ4v) is 2.81. The van der Waals surface area contributed by atoms with Crippen LogP contribution < -0.4 is 4.74 Å². The van der Waals surface area contributed by atoms with E-state index in [2.05, 4.69) is 5.16 Å². The van der Waals surface area contributed by atoms with Crippen molar-refractivity contribution < 1.29 is 23.8 Å². The fourth-order valence-electron chi connectivity index (χ4n) is 2.81. The van der Waals surface area contributed by atoms with Crippen molar-refractivity contribution in [2.75, 3.05) is 33.4 Å². The van der Waals surface area contributed by atoms with Gasteiger partial charge in [0, 0.05) is 13.1 Å². The number of nitrogens with zero attached hydrogens (tertiary/aromatic N) is 2. The van der Waals surface area contributed by atoms with E-state index in [-0.39, 0.29) is 12.2 Å². The molecule has 0 bridgehead atoms. The minimum absolute atomic E-state index is 0.133. The number of oxime groups is 1. The molecule has 1 aliphatic heterocycles. The van der Waals surface area contributed by atoms with E-state index < -0.39 is 5.60 Å². The van der Waals surface area contributed by atoms with Crippen molar-refractivity contribution in [2.45, 2.75) is 52.2 Å². The molecule has 7 nitrogen and oxygen atoms in total. The maximum absolute atomic E-state index is 12.1. The molecule has 1 aromatic rings. The van der Waals surface area contributed by atoms with E-state index >= 15 is 0 Å². The van der Waals surface area contributed by atoms with Crippen molar-refractivity contribution >= 4 is 11.8 Å². The summed E-state index contributed by atoms with van der Waals surface area (Å²) in [5, 5.41) is 4.13. The lowest BCUT2D eigenvalue weighted by Crippen LogP contribution is -2.43. The van der Waals surface area contributed by atoms with Gasteiger partial charge in [-0.2, -0.15) is 0 Å².